The number of rotatable bonds is 7. The lowest BCUT2D eigenvalue weighted by molar-refractivity contribution is -0.356. The molecule has 0 bridgehead atoms. The molecule has 0 saturated heterocycles. The summed E-state index contributed by atoms with van der Waals surface area (Å²) in [4.78, 5) is 24.0. The minimum Gasteiger partial charge on any atom is -0.444 e. The van der Waals surface area contributed by atoms with E-state index in [-0.39, 0.29) is 12.3 Å². The lowest BCUT2D eigenvalue weighted by Gasteiger charge is -2.35. The second-order valence-electron chi connectivity index (χ2n) is 6.93. The third kappa shape index (κ3) is 7.11. The zero-order chi connectivity index (χ0) is 26.7. The first-order valence-corrected chi connectivity index (χ1v) is 10.8. The molecule has 16 heteroatoms. The Morgan fingerprint density at radius 2 is 1.54 bits per heavy atom. The Morgan fingerprint density at radius 1 is 0.971 bits per heavy atom. The van der Waals surface area contributed by atoms with Crippen LogP contribution in [0, 0.1) is 0 Å². The molecular weight excluding hydrogens is 511 g/mol. The fourth-order valence-corrected chi connectivity index (χ4v) is 3.52. The van der Waals surface area contributed by atoms with Gasteiger partial charge in [-0.1, -0.05) is 41.9 Å². The zero-order valence-corrected chi connectivity index (χ0v) is 18.0. The number of nitrogens with one attached hydrogen (secondary N) is 1. The van der Waals surface area contributed by atoms with Crippen LogP contribution in [0.2, 0.25) is 0 Å². The van der Waals surface area contributed by atoms with Gasteiger partial charge >= 0.3 is 30.0 Å². The number of hydrogen-bond acceptors (Lipinski definition) is 6. The van der Waals surface area contributed by atoms with Crippen LogP contribution in [0.3, 0.4) is 0 Å². The van der Waals surface area contributed by atoms with Crippen molar-refractivity contribution in [2.45, 2.75) is 24.6 Å². The van der Waals surface area contributed by atoms with E-state index in [9.17, 15) is 44.3 Å². The van der Waals surface area contributed by atoms with Crippen LogP contribution in [0.1, 0.15) is 15.9 Å². The average molecular weight is 525 g/mol. The number of esters is 1. The summed E-state index contributed by atoms with van der Waals surface area (Å²) in [5, 5.41) is 2.16. The first kappa shape index (κ1) is 28.0. The Labute approximate surface area is 195 Å². The van der Waals surface area contributed by atoms with Gasteiger partial charge in [-0.2, -0.15) is 34.8 Å². The highest BCUT2D eigenvalue weighted by Gasteiger charge is 2.76. The molecular formula is C19H14BF6NO7S. The smallest absolute Gasteiger partial charge is 0.438 e. The summed E-state index contributed by atoms with van der Waals surface area (Å²) in [6.45, 7) is -0.137. The number of carbonyl (C=O) groups excluding carboxylic acids is 2. The highest BCUT2D eigenvalue weighted by Crippen LogP contribution is 2.47. The summed E-state index contributed by atoms with van der Waals surface area (Å²) in [6.07, 6.45) is -14.0. The Balaban J connectivity index is 2.23. The molecule has 188 valence electrons. The highest BCUT2D eigenvalue weighted by molar-refractivity contribution is 7.85. The van der Waals surface area contributed by atoms with Gasteiger partial charge in [-0.3, -0.25) is 9.87 Å². The van der Waals surface area contributed by atoms with E-state index in [1.54, 1.807) is 30.3 Å². The molecule has 2 N–H and O–H groups in total. The van der Waals surface area contributed by atoms with Gasteiger partial charge in [0, 0.05) is 5.69 Å². The van der Waals surface area contributed by atoms with Crippen LogP contribution in [0.15, 0.2) is 48.5 Å². The molecule has 0 aliphatic heterocycles. The summed E-state index contributed by atoms with van der Waals surface area (Å²) in [6, 6.07) is 10.5. The SMILES string of the molecule is [B]c1cc(C(=O)OC(CS(=O)(=O)O)(C(F)(F)F)C(F)(F)F)ccc1NC(=O)OCc1ccccc1. The van der Waals surface area contributed by atoms with E-state index in [0.717, 1.165) is 6.07 Å². The third-order valence-corrected chi connectivity index (χ3v) is 5.08. The van der Waals surface area contributed by atoms with E-state index in [0.29, 0.717) is 17.7 Å². The summed E-state index contributed by atoms with van der Waals surface area (Å²) in [5.41, 5.74) is -6.57. The molecule has 8 nitrogen and oxygen atoms in total. The van der Waals surface area contributed by atoms with Gasteiger partial charge in [0.1, 0.15) is 20.2 Å². The Bertz CT molecular complexity index is 1170. The molecule has 0 atom stereocenters. The second-order valence-corrected chi connectivity index (χ2v) is 8.38. The quantitative estimate of drug-likeness (QED) is 0.247. The molecule has 0 spiro atoms. The van der Waals surface area contributed by atoms with Crippen LogP contribution in [0.5, 0.6) is 0 Å². The van der Waals surface area contributed by atoms with Crippen molar-refractivity contribution < 1.29 is 58.4 Å². The number of carbonyl (C=O) groups is 2. The minimum atomic E-state index is -6.48. The number of ether oxygens (including phenoxy) is 2. The standard InChI is InChI=1S/C19H14BF6NO7S/c20-13-8-12(6-7-14(13)27-16(29)33-9-11-4-2-1-3-5-11)15(28)34-17(18(21,22)23,19(24,25)26)10-35(30,31)32/h1-8H,9-10H2,(H,27,29)(H,30,31,32). The lowest BCUT2D eigenvalue weighted by atomic mass is 9.92. The summed E-state index contributed by atoms with van der Waals surface area (Å²) in [5.74, 6) is -5.28. The van der Waals surface area contributed by atoms with Crippen LogP contribution in [0.25, 0.3) is 0 Å². The number of alkyl halides is 6. The fourth-order valence-electron chi connectivity index (χ4n) is 2.62. The number of benzene rings is 2. The summed E-state index contributed by atoms with van der Waals surface area (Å²) >= 11 is 0. The molecule has 0 aliphatic carbocycles. The first-order valence-electron chi connectivity index (χ1n) is 9.14. The van der Waals surface area contributed by atoms with E-state index >= 15 is 0 Å². The molecule has 1 amide bonds. The van der Waals surface area contributed by atoms with E-state index in [1.165, 1.54) is 0 Å². The largest absolute Gasteiger partial charge is 0.444 e. The topological polar surface area (TPSA) is 119 Å². The van der Waals surface area contributed by atoms with Gasteiger partial charge in [0.15, 0.2) is 0 Å². The van der Waals surface area contributed by atoms with Crippen LogP contribution < -0.4 is 10.8 Å². The molecule has 0 aromatic heterocycles. The molecule has 2 rings (SSSR count). The highest BCUT2D eigenvalue weighted by atomic mass is 32.2. The molecule has 0 saturated carbocycles. The molecule has 2 aromatic carbocycles. The van der Waals surface area contributed by atoms with Gasteiger partial charge in [0.25, 0.3) is 10.1 Å². The van der Waals surface area contributed by atoms with Gasteiger partial charge in [0.05, 0.1) is 5.56 Å². The number of amides is 1. The van der Waals surface area contributed by atoms with Crippen molar-refractivity contribution in [2.24, 2.45) is 0 Å². The van der Waals surface area contributed by atoms with Crippen molar-refractivity contribution in [1.29, 1.82) is 0 Å². The Kier molecular flexibility index (Phi) is 8.12. The number of hydrogen-bond donors (Lipinski definition) is 2. The monoisotopic (exact) mass is 525 g/mol. The Hall–Kier alpha value is -3.27. The first-order chi connectivity index (χ1) is 16.0. The lowest BCUT2D eigenvalue weighted by Crippen LogP contribution is -2.63. The predicted octanol–water partition coefficient (Wildman–Crippen LogP) is 3.14. The van der Waals surface area contributed by atoms with Gasteiger partial charge < -0.3 is 9.47 Å². The Morgan fingerprint density at radius 3 is 2.03 bits per heavy atom. The van der Waals surface area contributed by atoms with Crippen LogP contribution in [-0.4, -0.2) is 56.6 Å². The molecule has 0 heterocycles. The molecule has 0 fully saturated rings. The minimum absolute atomic E-state index is 0.137. The third-order valence-electron chi connectivity index (χ3n) is 4.31. The van der Waals surface area contributed by atoms with Crippen LogP contribution in [0.4, 0.5) is 36.8 Å². The van der Waals surface area contributed by atoms with Gasteiger partial charge in [-0.25, -0.2) is 9.59 Å². The average Bonchev–Trinajstić information content (AvgIpc) is 2.71. The summed E-state index contributed by atoms with van der Waals surface area (Å²) < 4.78 is 119. The molecule has 0 unspecified atom stereocenters. The van der Waals surface area contributed by atoms with Crippen molar-refractivity contribution in [3.63, 3.8) is 0 Å². The van der Waals surface area contributed by atoms with Crippen molar-refractivity contribution >= 4 is 41.2 Å². The molecule has 35 heavy (non-hydrogen) atoms. The van der Waals surface area contributed by atoms with E-state index in [1.807, 2.05) is 0 Å². The van der Waals surface area contributed by atoms with Gasteiger partial charge in [-0.05, 0) is 17.7 Å². The maximum Gasteiger partial charge on any atom is 0.438 e. The van der Waals surface area contributed by atoms with Crippen molar-refractivity contribution in [2.75, 3.05) is 11.1 Å². The maximum atomic E-state index is 13.3. The van der Waals surface area contributed by atoms with Crippen LogP contribution >= 0.6 is 0 Å². The van der Waals surface area contributed by atoms with Gasteiger partial charge in [-0.15, -0.1) is 0 Å². The maximum absolute atomic E-state index is 13.3. The fraction of sp³-hybridized carbons (Fsp3) is 0.263. The zero-order valence-electron chi connectivity index (χ0n) is 17.2. The van der Waals surface area contributed by atoms with E-state index in [2.05, 4.69) is 10.1 Å². The van der Waals surface area contributed by atoms with E-state index < -0.39 is 56.9 Å². The molecule has 2 aromatic rings. The number of anilines is 1. The predicted molar refractivity (Wildman–Crippen MR) is 109 cm³/mol. The van der Waals surface area contributed by atoms with E-state index in [4.69, 9.17) is 17.1 Å². The normalized spacial score (nSPS) is 12.7. The van der Waals surface area contributed by atoms with Crippen molar-refractivity contribution in [3.05, 3.63) is 59.7 Å². The second kappa shape index (κ2) is 10.2. The molecule has 0 aliphatic rings. The van der Waals surface area contributed by atoms with Crippen molar-refractivity contribution in [3.8, 4) is 0 Å². The number of halogens is 6. The van der Waals surface area contributed by atoms with Crippen molar-refractivity contribution in [1.82, 2.24) is 0 Å². The summed E-state index contributed by atoms with van der Waals surface area (Å²) in [7, 11) is -0.340. The van der Waals surface area contributed by atoms with Crippen LogP contribution in [-0.2, 0) is 26.2 Å². The van der Waals surface area contributed by atoms with Gasteiger partial charge in [0.2, 0.25) is 0 Å². The molecule has 2 radical (unpaired) electrons.